The van der Waals surface area contributed by atoms with Crippen molar-refractivity contribution in [3.8, 4) is 11.1 Å². The Balaban J connectivity index is 1.87. The van der Waals surface area contributed by atoms with Crippen LogP contribution in [0, 0.1) is 10.4 Å². The molecule has 0 nitrogen and oxygen atoms in total. The number of hydrogen-bond acceptors (Lipinski definition) is 0. The Morgan fingerprint density at radius 2 is 1.22 bits per heavy atom. The van der Waals surface area contributed by atoms with Crippen molar-refractivity contribution >= 4 is 17.2 Å². The van der Waals surface area contributed by atoms with Crippen LogP contribution in [0.15, 0.2) is 127 Å². The lowest BCUT2D eigenvalue weighted by Crippen LogP contribution is -2.26. The van der Waals surface area contributed by atoms with Gasteiger partial charge in [-0.15, -0.1) is 0 Å². The van der Waals surface area contributed by atoms with Gasteiger partial charge in [-0.3, -0.25) is 0 Å². The minimum absolute atomic E-state index is 0.0678. The highest BCUT2D eigenvalue weighted by Gasteiger charge is 2.31. The molecule has 0 atom stereocenters. The topological polar surface area (TPSA) is 0 Å². The van der Waals surface area contributed by atoms with Gasteiger partial charge < -0.3 is 0 Å². The molecule has 0 N–H and O–H groups in total. The minimum atomic E-state index is -0.120. The van der Waals surface area contributed by atoms with Crippen LogP contribution in [-0.4, -0.2) is 0 Å². The molecule has 0 radical (unpaired) electrons. The molecule has 2 aliphatic rings. The Hall–Kier alpha value is -4.68. The van der Waals surface area contributed by atoms with E-state index in [2.05, 4.69) is 175 Å². The Kier molecular flexibility index (Phi) is 7.13. The maximum absolute atomic E-state index is 2.50. The van der Waals surface area contributed by atoms with Crippen molar-refractivity contribution in [1.29, 1.82) is 0 Å². The molecular weight excluding hydrogens is 540 g/mol. The van der Waals surface area contributed by atoms with Gasteiger partial charge in [0.15, 0.2) is 0 Å². The second kappa shape index (κ2) is 11.0. The Morgan fingerprint density at radius 1 is 0.622 bits per heavy atom. The number of benzene rings is 5. The molecule has 0 aliphatic heterocycles. The van der Waals surface area contributed by atoms with Gasteiger partial charge in [-0.25, -0.2) is 0 Å². The number of hydrogen-bond donors (Lipinski definition) is 0. The van der Waals surface area contributed by atoms with Crippen molar-refractivity contribution in [3.05, 3.63) is 182 Å². The highest BCUT2D eigenvalue weighted by molar-refractivity contribution is 5.91. The molecule has 7 rings (SSSR count). The molecule has 0 saturated carbocycles. The van der Waals surface area contributed by atoms with E-state index < -0.39 is 0 Å². The van der Waals surface area contributed by atoms with Crippen LogP contribution in [0.3, 0.4) is 0 Å². The Labute approximate surface area is 268 Å². The third kappa shape index (κ3) is 5.13. The summed E-state index contributed by atoms with van der Waals surface area (Å²) in [5.74, 6) is 0. The van der Waals surface area contributed by atoms with E-state index in [4.69, 9.17) is 0 Å². The molecule has 5 aromatic carbocycles. The van der Waals surface area contributed by atoms with E-state index in [1.807, 2.05) is 0 Å². The van der Waals surface area contributed by atoms with Crippen LogP contribution in [0.25, 0.3) is 28.3 Å². The first kappa shape index (κ1) is 29.1. The third-order valence-electron chi connectivity index (χ3n) is 9.31. The second-order valence-electron chi connectivity index (χ2n) is 14.5. The molecule has 0 amide bonds. The van der Waals surface area contributed by atoms with Crippen LogP contribution in [0.4, 0.5) is 0 Å². The predicted molar refractivity (Wildman–Crippen MR) is 192 cm³/mol. The molecule has 0 aromatic heterocycles. The van der Waals surface area contributed by atoms with Crippen molar-refractivity contribution in [3.63, 3.8) is 0 Å². The fourth-order valence-corrected chi connectivity index (χ4v) is 7.25. The zero-order valence-electron chi connectivity index (χ0n) is 27.4. The van der Waals surface area contributed by atoms with Gasteiger partial charge in [-0.05, 0) is 99.9 Å². The van der Waals surface area contributed by atoms with Crippen LogP contribution in [-0.2, 0) is 10.8 Å². The van der Waals surface area contributed by atoms with Crippen molar-refractivity contribution < 1.29 is 0 Å². The van der Waals surface area contributed by atoms with Crippen LogP contribution < -0.4 is 10.4 Å². The van der Waals surface area contributed by atoms with Crippen molar-refractivity contribution in [2.24, 2.45) is 0 Å². The molecule has 0 heteroatoms. The normalized spacial score (nSPS) is 13.7. The van der Waals surface area contributed by atoms with Gasteiger partial charge in [0.25, 0.3) is 0 Å². The van der Waals surface area contributed by atoms with Gasteiger partial charge in [0.1, 0.15) is 0 Å². The summed E-state index contributed by atoms with van der Waals surface area (Å²) in [6.45, 7) is 14.1. The first-order valence-electron chi connectivity index (χ1n) is 16.3. The standard InChI is InChI=1S/C45H42/c1-44(2,3)35-26-27-36-34(28-35)29-37-39(32-24-16-17-25-32)43(45(4,5)6)40(33-22-14-9-15-23-33)42(41(36)37)38(30-18-10-7-11-19-30)31-20-12-8-13-21-31/h7-24,26-29H,25H2,1-6H3. The van der Waals surface area contributed by atoms with E-state index in [0.29, 0.717) is 0 Å². The molecule has 2 aliphatic carbocycles. The summed E-state index contributed by atoms with van der Waals surface area (Å²) in [6.07, 6.45) is 10.3. The SMILES string of the molecule is CC(C)(C)c1ccc2c(c1)=Cc1c(C3=CC=CC3)c(C(C)(C)C)c(-c3ccccc3)c(=C(c3ccccc3)c3ccccc3)c1=2. The predicted octanol–water partition coefficient (Wildman–Crippen LogP) is 9.97. The lowest BCUT2D eigenvalue weighted by Gasteiger charge is -2.30. The van der Waals surface area contributed by atoms with E-state index in [1.54, 1.807) is 0 Å². The van der Waals surface area contributed by atoms with Crippen molar-refractivity contribution in [1.82, 2.24) is 0 Å². The molecule has 5 aromatic rings. The smallest absolute Gasteiger partial charge is 0.000510 e. The first-order valence-corrected chi connectivity index (χ1v) is 16.3. The van der Waals surface area contributed by atoms with Gasteiger partial charge in [0.2, 0.25) is 0 Å². The maximum atomic E-state index is 2.50. The summed E-state index contributed by atoms with van der Waals surface area (Å²) in [7, 11) is 0. The monoisotopic (exact) mass is 582 g/mol. The van der Waals surface area contributed by atoms with Gasteiger partial charge in [-0.2, -0.15) is 0 Å². The van der Waals surface area contributed by atoms with Gasteiger partial charge in [0, 0.05) is 0 Å². The van der Waals surface area contributed by atoms with Crippen LogP contribution >= 0.6 is 0 Å². The fraction of sp³-hybridized carbons (Fsp3) is 0.200. The molecular formula is C45H42. The molecule has 0 fully saturated rings. The molecule has 45 heavy (non-hydrogen) atoms. The van der Waals surface area contributed by atoms with E-state index in [-0.39, 0.29) is 10.8 Å². The zero-order valence-corrected chi connectivity index (χ0v) is 27.4. The quantitative estimate of drug-likeness (QED) is 0.194. The van der Waals surface area contributed by atoms with Crippen LogP contribution in [0.2, 0.25) is 0 Å². The van der Waals surface area contributed by atoms with Crippen molar-refractivity contribution in [2.75, 3.05) is 0 Å². The summed E-state index contributed by atoms with van der Waals surface area (Å²) in [6, 6.07) is 40.3. The average molecular weight is 583 g/mol. The lowest BCUT2D eigenvalue weighted by molar-refractivity contribution is 0.589. The molecule has 222 valence electrons. The number of allylic oxidation sites excluding steroid dienone is 4. The van der Waals surface area contributed by atoms with Crippen LogP contribution in [0.5, 0.6) is 0 Å². The molecule has 0 saturated heterocycles. The minimum Gasteiger partial charge on any atom is -0.0801 e. The van der Waals surface area contributed by atoms with E-state index in [1.165, 1.54) is 76.5 Å². The van der Waals surface area contributed by atoms with Gasteiger partial charge >= 0.3 is 0 Å². The summed E-state index contributed by atoms with van der Waals surface area (Å²) in [5, 5.41) is 5.31. The number of fused-ring (bicyclic) bond motifs is 2. The third-order valence-corrected chi connectivity index (χ3v) is 9.31. The molecule has 0 bridgehead atoms. The van der Waals surface area contributed by atoms with E-state index >= 15 is 0 Å². The maximum Gasteiger partial charge on any atom is -0.000510 e. The fourth-order valence-electron chi connectivity index (χ4n) is 7.25. The second-order valence-corrected chi connectivity index (χ2v) is 14.5. The first-order chi connectivity index (χ1) is 21.6. The summed E-state index contributed by atoms with van der Waals surface area (Å²) >= 11 is 0. The Bertz CT molecular complexity index is 2160. The molecule has 0 heterocycles. The lowest BCUT2D eigenvalue weighted by atomic mass is 9.73. The van der Waals surface area contributed by atoms with Gasteiger partial charge in [-0.1, -0.05) is 169 Å². The molecule has 0 spiro atoms. The Morgan fingerprint density at radius 3 is 1.76 bits per heavy atom. The average Bonchev–Trinajstić information content (AvgIpc) is 3.70. The van der Waals surface area contributed by atoms with E-state index in [9.17, 15) is 0 Å². The van der Waals surface area contributed by atoms with Gasteiger partial charge in [0.05, 0.1) is 0 Å². The van der Waals surface area contributed by atoms with E-state index in [0.717, 1.165) is 6.42 Å². The largest absolute Gasteiger partial charge is 0.0801 e. The zero-order chi connectivity index (χ0) is 31.3. The number of rotatable bonds is 4. The summed E-state index contributed by atoms with van der Waals surface area (Å²) in [4.78, 5) is 0. The summed E-state index contributed by atoms with van der Waals surface area (Å²) < 4.78 is 0. The van der Waals surface area contributed by atoms with Crippen molar-refractivity contribution in [2.45, 2.75) is 58.8 Å². The highest BCUT2D eigenvalue weighted by Crippen LogP contribution is 2.42. The summed E-state index contributed by atoms with van der Waals surface area (Å²) in [5.41, 5.74) is 13.2. The highest BCUT2D eigenvalue weighted by atomic mass is 14.3. The van der Waals surface area contributed by atoms with Crippen LogP contribution in [0.1, 0.15) is 81.3 Å². The molecule has 0 unspecified atom stereocenters.